The van der Waals surface area contributed by atoms with Gasteiger partial charge in [0.1, 0.15) is 11.9 Å². The molecule has 148 valence electrons. The van der Waals surface area contributed by atoms with Crippen LogP contribution in [0.4, 0.5) is 10.1 Å². The van der Waals surface area contributed by atoms with E-state index in [-0.39, 0.29) is 23.7 Å². The van der Waals surface area contributed by atoms with Crippen LogP contribution in [0.25, 0.3) is 0 Å². The molecule has 2 fully saturated rings. The van der Waals surface area contributed by atoms with Gasteiger partial charge in [0.2, 0.25) is 0 Å². The van der Waals surface area contributed by atoms with Gasteiger partial charge in [0.05, 0.1) is 12.1 Å². The number of carbonyl (C=O) groups excluding carboxylic acids is 1. The summed E-state index contributed by atoms with van der Waals surface area (Å²) in [5, 5.41) is 14.2. The van der Waals surface area contributed by atoms with Crippen LogP contribution < -0.4 is 10.2 Å². The summed E-state index contributed by atoms with van der Waals surface area (Å²) in [6.07, 6.45) is 4.62. The number of halogens is 1. The Morgan fingerprint density at radius 1 is 1.11 bits per heavy atom. The van der Waals surface area contributed by atoms with Crippen molar-refractivity contribution in [3.05, 3.63) is 66.0 Å². The molecule has 0 bridgehead atoms. The molecule has 4 nitrogen and oxygen atoms in total. The van der Waals surface area contributed by atoms with Crippen LogP contribution in [-0.2, 0) is 4.79 Å². The maximum Gasteiger partial charge on any atom is 0.279 e. The Balaban J connectivity index is 1.57. The van der Waals surface area contributed by atoms with Crippen molar-refractivity contribution >= 4 is 11.6 Å². The van der Waals surface area contributed by atoms with Crippen LogP contribution in [0.2, 0.25) is 0 Å². The van der Waals surface area contributed by atoms with Crippen molar-refractivity contribution in [2.45, 2.75) is 43.7 Å². The quantitative estimate of drug-likeness (QED) is 0.760. The lowest BCUT2D eigenvalue weighted by atomic mass is 9.66. The highest BCUT2D eigenvalue weighted by atomic mass is 19.1. The summed E-state index contributed by atoms with van der Waals surface area (Å²) in [5.41, 5.74) is 1.13. The number of likely N-dealkylation sites (tertiary alicyclic amines) is 1. The molecule has 1 saturated heterocycles. The lowest BCUT2D eigenvalue weighted by molar-refractivity contribution is -0.937. The molecule has 4 rings (SSSR count). The topological polar surface area (TPSA) is 53.8 Å². The van der Waals surface area contributed by atoms with Crippen LogP contribution in [0.5, 0.6) is 0 Å². The van der Waals surface area contributed by atoms with E-state index in [9.17, 15) is 14.3 Å². The van der Waals surface area contributed by atoms with Crippen molar-refractivity contribution in [1.82, 2.24) is 0 Å². The highest BCUT2D eigenvalue weighted by Crippen LogP contribution is 2.43. The van der Waals surface area contributed by atoms with E-state index in [0.29, 0.717) is 13.0 Å². The van der Waals surface area contributed by atoms with Crippen LogP contribution in [0.15, 0.2) is 54.6 Å². The molecule has 2 aromatic rings. The Morgan fingerprint density at radius 2 is 1.86 bits per heavy atom. The average molecular weight is 383 g/mol. The van der Waals surface area contributed by atoms with Crippen LogP contribution in [0.3, 0.4) is 0 Å². The van der Waals surface area contributed by atoms with Gasteiger partial charge in [0, 0.05) is 23.6 Å². The van der Waals surface area contributed by atoms with E-state index in [1.165, 1.54) is 12.1 Å². The first-order chi connectivity index (χ1) is 13.5. The molecule has 28 heavy (non-hydrogen) atoms. The number of anilines is 1. The number of fused-ring (bicyclic) bond motifs is 1. The third kappa shape index (κ3) is 3.96. The van der Waals surface area contributed by atoms with Crippen molar-refractivity contribution in [2.75, 3.05) is 18.4 Å². The molecule has 1 amide bonds. The maximum atomic E-state index is 13.5. The predicted octanol–water partition coefficient (Wildman–Crippen LogP) is 2.72. The maximum absolute atomic E-state index is 13.5. The van der Waals surface area contributed by atoms with E-state index in [1.54, 1.807) is 0 Å². The number of rotatable bonds is 4. The average Bonchev–Trinajstić information content (AvgIpc) is 2.69. The van der Waals surface area contributed by atoms with Crippen molar-refractivity contribution < 1.29 is 19.2 Å². The number of amides is 1. The first-order valence-electron chi connectivity index (χ1n) is 10.2. The molecular weight excluding hydrogens is 355 g/mol. The highest BCUT2D eigenvalue weighted by molar-refractivity contribution is 5.91. The summed E-state index contributed by atoms with van der Waals surface area (Å²) in [7, 11) is 0. The van der Waals surface area contributed by atoms with Gasteiger partial charge >= 0.3 is 0 Å². The second-order valence-electron chi connectivity index (χ2n) is 8.23. The number of aliphatic hydroxyl groups is 1. The smallest absolute Gasteiger partial charge is 0.279 e. The summed E-state index contributed by atoms with van der Waals surface area (Å²) in [4.78, 5) is 13.8. The van der Waals surface area contributed by atoms with Gasteiger partial charge in [0.25, 0.3) is 5.91 Å². The normalized spacial score (nSPS) is 29.7. The van der Waals surface area contributed by atoms with Gasteiger partial charge in [-0.15, -0.1) is 0 Å². The molecular formula is C23H28FN2O2+. The zero-order valence-electron chi connectivity index (χ0n) is 16.0. The fourth-order valence-electron chi connectivity index (χ4n) is 5.12. The number of piperidine rings is 1. The second-order valence-corrected chi connectivity index (χ2v) is 8.23. The molecule has 1 heterocycles. The van der Waals surface area contributed by atoms with Gasteiger partial charge in [0.15, 0.2) is 6.54 Å². The lowest BCUT2D eigenvalue weighted by Crippen LogP contribution is -3.16. The molecule has 1 aliphatic carbocycles. The minimum Gasteiger partial charge on any atom is -0.389 e. The summed E-state index contributed by atoms with van der Waals surface area (Å²) >= 11 is 0. The molecule has 1 aliphatic heterocycles. The number of para-hydroxylation sites is 1. The summed E-state index contributed by atoms with van der Waals surface area (Å²) in [5.74, 6) is -0.198. The Bertz CT molecular complexity index is 811. The molecule has 5 heteroatoms. The lowest BCUT2D eigenvalue weighted by Gasteiger charge is -2.50. The fourth-order valence-corrected chi connectivity index (χ4v) is 5.12. The summed E-state index contributed by atoms with van der Waals surface area (Å²) < 4.78 is 13.5. The standard InChI is InChI=1S/C23H27FN2O2/c24-18-11-9-17(10-12-18)22-20-8-4-5-13-23(20,28)14-15-26(22)16-21(27)25-19-6-2-1-3-7-19/h1-3,6-7,9-12,20,22,28H,4-5,8,13-16H2,(H,25,27)/p+1/t20-,22+,23-/m0/s1. The monoisotopic (exact) mass is 383 g/mol. The number of hydrogen-bond donors (Lipinski definition) is 3. The van der Waals surface area contributed by atoms with Crippen LogP contribution in [-0.4, -0.2) is 29.7 Å². The third-order valence-electron chi connectivity index (χ3n) is 6.46. The number of hydrogen-bond acceptors (Lipinski definition) is 2. The zero-order valence-corrected chi connectivity index (χ0v) is 16.0. The summed E-state index contributed by atoms with van der Waals surface area (Å²) in [6.45, 7) is 1.07. The molecule has 0 aromatic heterocycles. The minimum atomic E-state index is -0.670. The van der Waals surface area contributed by atoms with Crippen molar-refractivity contribution in [3.63, 3.8) is 0 Å². The van der Waals surface area contributed by atoms with Gasteiger partial charge in [-0.05, 0) is 37.1 Å². The number of quaternary nitrogens is 1. The number of carbonyl (C=O) groups is 1. The first kappa shape index (κ1) is 19.1. The Kier molecular flexibility index (Phi) is 5.47. The van der Waals surface area contributed by atoms with Gasteiger partial charge in [-0.25, -0.2) is 4.39 Å². The van der Waals surface area contributed by atoms with E-state index in [1.807, 2.05) is 42.5 Å². The van der Waals surface area contributed by atoms with E-state index in [2.05, 4.69) is 5.32 Å². The Morgan fingerprint density at radius 3 is 2.61 bits per heavy atom. The van der Waals surface area contributed by atoms with Gasteiger partial charge < -0.3 is 15.3 Å². The van der Waals surface area contributed by atoms with Gasteiger partial charge in [-0.3, -0.25) is 4.79 Å². The van der Waals surface area contributed by atoms with Crippen molar-refractivity contribution in [3.8, 4) is 0 Å². The molecule has 3 N–H and O–H groups in total. The molecule has 1 saturated carbocycles. The third-order valence-corrected chi connectivity index (χ3v) is 6.46. The Labute approximate surface area is 165 Å². The van der Waals surface area contributed by atoms with Crippen molar-refractivity contribution in [1.29, 1.82) is 0 Å². The predicted molar refractivity (Wildman–Crippen MR) is 106 cm³/mol. The molecule has 0 radical (unpaired) electrons. The largest absolute Gasteiger partial charge is 0.389 e. The zero-order chi connectivity index (χ0) is 19.6. The van der Waals surface area contributed by atoms with Crippen LogP contribution in [0, 0.1) is 11.7 Å². The van der Waals surface area contributed by atoms with E-state index in [0.717, 1.165) is 48.4 Å². The number of benzene rings is 2. The van der Waals surface area contributed by atoms with E-state index < -0.39 is 5.60 Å². The fraction of sp³-hybridized carbons (Fsp3) is 0.435. The first-order valence-corrected chi connectivity index (χ1v) is 10.2. The molecule has 0 spiro atoms. The Hall–Kier alpha value is -2.24. The molecule has 2 aliphatic rings. The van der Waals surface area contributed by atoms with Gasteiger partial charge in [-0.1, -0.05) is 43.2 Å². The second kappa shape index (κ2) is 8.02. The SMILES string of the molecule is O=C(C[NH+]1CC[C@@]2(O)CCCC[C@H]2[C@H]1c1ccc(F)cc1)Nc1ccccc1. The van der Waals surface area contributed by atoms with Crippen LogP contribution in [0.1, 0.15) is 43.7 Å². The molecule has 2 aromatic carbocycles. The van der Waals surface area contributed by atoms with Crippen molar-refractivity contribution in [2.24, 2.45) is 5.92 Å². The molecule has 1 unspecified atom stereocenters. The van der Waals surface area contributed by atoms with E-state index >= 15 is 0 Å². The van der Waals surface area contributed by atoms with E-state index in [4.69, 9.17) is 0 Å². The van der Waals surface area contributed by atoms with Crippen LogP contribution >= 0.6 is 0 Å². The minimum absolute atomic E-state index is 0.00109. The van der Waals surface area contributed by atoms with Gasteiger partial charge in [-0.2, -0.15) is 0 Å². The highest BCUT2D eigenvalue weighted by Gasteiger charge is 2.51. The summed E-state index contributed by atoms with van der Waals surface area (Å²) in [6, 6.07) is 16.0. The number of nitrogens with one attached hydrogen (secondary N) is 2. The molecule has 4 atom stereocenters.